The summed E-state index contributed by atoms with van der Waals surface area (Å²) in [5.74, 6) is 0.439. The lowest BCUT2D eigenvalue weighted by Gasteiger charge is -2.17. The average molecular weight is 388 g/mol. The van der Waals surface area contributed by atoms with E-state index in [0.717, 1.165) is 24.2 Å². The van der Waals surface area contributed by atoms with Gasteiger partial charge in [0.15, 0.2) is 0 Å². The summed E-state index contributed by atoms with van der Waals surface area (Å²) < 4.78 is 32.0. The maximum Gasteiger partial charge on any atom is 0.251 e. The van der Waals surface area contributed by atoms with Gasteiger partial charge in [0, 0.05) is 18.7 Å². The largest absolute Gasteiger partial charge is 0.497 e. The highest BCUT2D eigenvalue weighted by atomic mass is 32.2. The fourth-order valence-electron chi connectivity index (χ4n) is 3.13. The molecule has 1 heterocycles. The molecular formula is C20H24N2O4S. The number of nitrogens with zero attached hydrogens (tertiary/aromatic N) is 1. The van der Waals surface area contributed by atoms with Crippen molar-refractivity contribution < 1.29 is 17.9 Å². The van der Waals surface area contributed by atoms with Crippen LogP contribution >= 0.6 is 0 Å². The van der Waals surface area contributed by atoms with Crippen LogP contribution in [0.15, 0.2) is 53.4 Å². The van der Waals surface area contributed by atoms with Gasteiger partial charge in [-0.3, -0.25) is 4.79 Å². The first-order chi connectivity index (χ1) is 12.9. The van der Waals surface area contributed by atoms with Gasteiger partial charge in [-0.2, -0.15) is 4.31 Å². The van der Waals surface area contributed by atoms with E-state index >= 15 is 0 Å². The Bertz CT molecular complexity index is 904. The number of hydrogen-bond donors (Lipinski definition) is 1. The molecule has 2 aromatic carbocycles. The summed E-state index contributed by atoms with van der Waals surface area (Å²) in [5.41, 5.74) is 1.26. The summed E-state index contributed by atoms with van der Waals surface area (Å²) in [7, 11) is -1.94. The first-order valence-corrected chi connectivity index (χ1v) is 10.4. The zero-order valence-corrected chi connectivity index (χ0v) is 16.3. The molecule has 0 radical (unpaired) electrons. The fourth-order valence-corrected chi connectivity index (χ4v) is 4.69. The maximum atomic E-state index is 12.7. The van der Waals surface area contributed by atoms with Gasteiger partial charge in [-0.1, -0.05) is 18.2 Å². The molecular weight excluding hydrogens is 364 g/mol. The lowest BCUT2D eigenvalue weighted by Crippen LogP contribution is -2.29. The van der Waals surface area contributed by atoms with E-state index in [4.69, 9.17) is 4.74 Å². The van der Waals surface area contributed by atoms with E-state index < -0.39 is 10.0 Å². The van der Waals surface area contributed by atoms with Crippen molar-refractivity contribution in [3.05, 3.63) is 59.7 Å². The van der Waals surface area contributed by atoms with Crippen LogP contribution in [0.1, 0.15) is 41.7 Å². The Labute approximate surface area is 160 Å². The molecule has 0 unspecified atom stereocenters. The van der Waals surface area contributed by atoms with Gasteiger partial charge in [0.05, 0.1) is 18.0 Å². The SMILES string of the molecule is COc1ccc([C@@H](C)NC(=O)c2cccc(S(=O)(=O)N3CCCC3)c2)cc1. The molecule has 2 aromatic rings. The highest BCUT2D eigenvalue weighted by molar-refractivity contribution is 7.89. The Morgan fingerprint density at radius 2 is 1.78 bits per heavy atom. The van der Waals surface area contributed by atoms with E-state index in [1.807, 2.05) is 31.2 Å². The third kappa shape index (κ3) is 4.31. The summed E-state index contributed by atoms with van der Waals surface area (Å²) in [6.07, 6.45) is 1.75. The first-order valence-electron chi connectivity index (χ1n) is 8.97. The lowest BCUT2D eigenvalue weighted by atomic mass is 10.1. The Morgan fingerprint density at radius 3 is 2.41 bits per heavy atom. The number of methoxy groups -OCH3 is 1. The number of hydrogen-bond acceptors (Lipinski definition) is 4. The second-order valence-electron chi connectivity index (χ2n) is 6.61. The summed E-state index contributed by atoms with van der Waals surface area (Å²) in [4.78, 5) is 12.8. The minimum Gasteiger partial charge on any atom is -0.497 e. The number of sulfonamides is 1. The fraction of sp³-hybridized carbons (Fsp3) is 0.350. The lowest BCUT2D eigenvalue weighted by molar-refractivity contribution is 0.0939. The van der Waals surface area contributed by atoms with Crippen molar-refractivity contribution >= 4 is 15.9 Å². The van der Waals surface area contributed by atoms with Crippen LogP contribution in [-0.2, 0) is 10.0 Å². The predicted octanol–water partition coefficient (Wildman–Crippen LogP) is 2.97. The van der Waals surface area contributed by atoms with E-state index in [9.17, 15) is 13.2 Å². The van der Waals surface area contributed by atoms with Crippen molar-refractivity contribution in [3.63, 3.8) is 0 Å². The average Bonchev–Trinajstić information content (AvgIpc) is 3.24. The first kappa shape index (κ1) is 19.4. The Hall–Kier alpha value is -2.38. The molecule has 144 valence electrons. The van der Waals surface area contributed by atoms with E-state index in [-0.39, 0.29) is 16.8 Å². The van der Waals surface area contributed by atoms with Gasteiger partial charge in [0.2, 0.25) is 10.0 Å². The summed E-state index contributed by atoms with van der Waals surface area (Å²) in [6, 6.07) is 13.4. The van der Waals surface area contributed by atoms with Crippen molar-refractivity contribution in [1.82, 2.24) is 9.62 Å². The Morgan fingerprint density at radius 1 is 1.11 bits per heavy atom. The number of ether oxygens (including phenoxy) is 1. The van der Waals surface area contributed by atoms with E-state index in [1.165, 1.54) is 16.4 Å². The molecule has 1 amide bonds. The predicted molar refractivity (Wildman–Crippen MR) is 103 cm³/mol. The van der Waals surface area contributed by atoms with Gasteiger partial charge in [-0.05, 0) is 55.7 Å². The zero-order valence-electron chi connectivity index (χ0n) is 15.5. The molecule has 6 nitrogen and oxygen atoms in total. The smallest absolute Gasteiger partial charge is 0.251 e. The summed E-state index contributed by atoms with van der Waals surface area (Å²) >= 11 is 0. The maximum absolute atomic E-state index is 12.7. The highest BCUT2D eigenvalue weighted by Crippen LogP contribution is 2.22. The molecule has 27 heavy (non-hydrogen) atoms. The molecule has 0 aliphatic carbocycles. The molecule has 0 bridgehead atoms. The molecule has 0 saturated carbocycles. The topological polar surface area (TPSA) is 75.7 Å². The van der Waals surface area contributed by atoms with Crippen LogP contribution in [0.5, 0.6) is 5.75 Å². The number of rotatable bonds is 6. The van der Waals surface area contributed by atoms with Crippen molar-refractivity contribution in [1.29, 1.82) is 0 Å². The third-order valence-corrected chi connectivity index (χ3v) is 6.66. The number of amides is 1. The van der Waals surface area contributed by atoms with Crippen LogP contribution in [0.3, 0.4) is 0 Å². The minimum absolute atomic E-state index is 0.161. The molecule has 1 N–H and O–H groups in total. The van der Waals surface area contributed by atoms with Crippen molar-refractivity contribution in [3.8, 4) is 5.75 Å². The summed E-state index contributed by atoms with van der Waals surface area (Å²) in [5, 5.41) is 2.91. The molecule has 1 aliphatic heterocycles. The monoisotopic (exact) mass is 388 g/mol. The summed E-state index contributed by atoms with van der Waals surface area (Å²) in [6.45, 7) is 2.95. The van der Waals surface area contributed by atoms with Gasteiger partial charge >= 0.3 is 0 Å². The Balaban J connectivity index is 1.74. The van der Waals surface area contributed by atoms with Crippen molar-refractivity contribution in [2.24, 2.45) is 0 Å². The van der Waals surface area contributed by atoms with Crippen LogP contribution in [-0.4, -0.2) is 38.8 Å². The molecule has 0 spiro atoms. The number of carbonyl (C=O) groups excluding carboxylic acids is 1. The minimum atomic E-state index is -3.54. The van der Waals surface area contributed by atoms with Crippen LogP contribution in [0.25, 0.3) is 0 Å². The molecule has 0 aromatic heterocycles. The normalized spacial score (nSPS) is 16.1. The molecule has 1 atom stereocenters. The van der Waals surface area contributed by atoms with Gasteiger partial charge in [-0.25, -0.2) is 8.42 Å². The molecule has 3 rings (SSSR count). The standard InChI is InChI=1S/C20H24N2O4S/c1-15(16-8-10-18(26-2)11-9-16)21-20(23)17-6-5-7-19(14-17)27(24,25)22-12-3-4-13-22/h5-11,14-15H,3-4,12-13H2,1-2H3,(H,21,23)/t15-/m1/s1. The van der Waals surface area contributed by atoms with Gasteiger partial charge in [-0.15, -0.1) is 0 Å². The highest BCUT2D eigenvalue weighted by Gasteiger charge is 2.27. The number of nitrogens with one attached hydrogen (secondary N) is 1. The van der Waals surface area contributed by atoms with Crippen LogP contribution < -0.4 is 10.1 Å². The van der Waals surface area contributed by atoms with E-state index in [2.05, 4.69) is 5.32 Å². The van der Waals surface area contributed by atoms with E-state index in [0.29, 0.717) is 18.7 Å². The van der Waals surface area contributed by atoms with Crippen LogP contribution in [0.2, 0.25) is 0 Å². The van der Waals surface area contributed by atoms with Crippen molar-refractivity contribution in [2.45, 2.75) is 30.7 Å². The van der Waals surface area contributed by atoms with Crippen molar-refractivity contribution in [2.75, 3.05) is 20.2 Å². The molecule has 7 heteroatoms. The Kier molecular flexibility index (Phi) is 5.82. The van der Waals surface area contributed by atoms with Crippen LogP contribution in [0, 0.1) is 0 Å². The number of carbonyl (C=O) groups is 1. The molecule has 1 aliphatic rings. The molecule has 1 saturated heterocycles. The number of benzene rings is 2. The quantitative estimate of drug-likeness (QED) is 0.825. The third-order valence-electron chi connectivity index (χ3n) is 4.76. The van der Waals surface area contributed by atoms with Gasteiger partial charge in [0.1, 0.15) is 5.75 Å². The van der Waals surface area contributed by atoms with Gasteiger partial charge in [0.25, 0.3) is 5.91 Å². The second kappa shape index (κ2) is 8.10. The van der Waals surface area contributed by atoms with Gasteiger partial charge < -0.3 is 10.1 Å². The van der Waals surface area contributed by atoms with Crippen LogP contribution in [0.4, 0.5) is 0 Å². The molecule has 1 fully saturated rings. The van der Waals surface area contributed by atoms with E-state index in [1.54, 1.807) is 19.2 Å². The second-order valence-corrected chi connectivity index (χ2v) is 8.55. The zero-order chi connectivity index (χ0) is 19.4.